The molecular weight excluding hydrogens is 276 g/mol. The van der Waals surface area contributed by atoms with Crippen LogP contribution in [0.1, 0.15) is 39.0 Å². The average Bonchev–Trinajstić information content (AvgIpc) is 2.33. The van der Waals surface area contributed by atoms with Crippen LogP contribution in [0.3, 0.4) is 0 Å². The largest absolute Gasteiger partial charge is 0.381 e. The molecule has 0 aromatic heterocycles. The van der Waals surface area contributed by atoms with Gasteiger partial charge in [0.15, 0.2) is 0 Å². The molecule has 0 saturated heterocycles. The standard InChI is InChI=1S/C12H23ClO4S/c1-3-10(9-18(13,14)15)8-17-12-6-4-5-11(7-12)16-2/h10-12H,3-9H2,1-2H3. The zero-order chi connectivity index (χ0) is 13.6. The van der Waals surface area contributed by atoms with Gasteiger partial charge in [-0.15, -0.1) is 0 Å². The van der Waals surface area contributed by atoms with Crippen molar-refractivity contribution < 1.29 is 17.9 Å². The van der Waals surface area contributed by atoms with E-state index in [1.54, 1.807) is 7.11 Å². The fourth-order valence-electron chi connectivity index (χ4n) is 2.31. The van der Waals surface area contributed by atoms with Crippen LogP contribution >= 0.6 is 10.7 Å². The third-order valence-corrected chi connectivity index (χ3v) is 4.74. The number of hydrogen-bond donors (Lipinski definition) is 0. The van der Waals surface area contributed by atoms with Crippen molar-refractivity contribution in [3.63, 3.8) is 0 Å². The summed E-state index contributed by atoms with van der Waals surface area (Å²) in [6, 6.07) is 0. The molecule has 0 heterocycles. The lowest BCUT2D eigenvalue weighted by Crippen LogP contribution is -2.29. The maximum Gasteiger partial charge on any atom is 0.232 e. The lowest BCUT2D eigenvalue weighted by molar-refractivity contribution is -0.0383. The van der Waals surface area contributed by atoms with Gasteiger partial charge in [-0.3, -0.25) is 0 Å². The summed E-state index contributed by atoms with van der Waals surface area (Å²) in [4.78, 5) is 0. The minimum absolute atomic E-state index is 0.00845. The summed E-state index contributed by atoms with van der Waals surface area (Å²) in [6.45, 7) is 2.42. The van der Waals surface area contributed by atoms with Crippen molar-refractivity contribution in [2.24, 2.45) is 5.92 Å². The van der Waals surface area contributed by atoms with E-state index >= 15 is 0 Å². The van der Waals surface area contributed by atoms with Crippen LogP contribution in [0.15, 0.2) is 0 Å². The van der Waals surface area contributed by atoms with Crippen LogP contribution in [0.2, 0.25) is 0 Å². The number of ether oxygens (including phenoxy) is 2. The molecule has 0 N–H and O–H groups in total. The van der Waals surface area contributed by atoms with Crippen molar-refractivity contribution in [2.75, 3.05) is 19.5 Å². The molecule has 1 aliphatic carbocycles. The van der Waals surface area contributed by atoms with Gasteiger partial charge in [-0.25, -0.2) is 8.42 Å². The molecule has 0 bridgehead atoms. The van der Waals surface area contributed by atoms with Crippen molar-refractivity contribution in [3.8, 4) is 0 Å². The van der Waals surface area contributed by atoms with Crippen molar-refractivity contribution >= 4 is 19.7 Å². The molecule has 0 aliphatic heterocycles. The molecule has 6 heteroatoms. The summed E-state index contributed by atoms with van der Waals surface area (Å²) >= 11 is 0. The number of hydrogen-bond acceptors (Lipinski definition) is 4. The highest BCUT2D eigenvalue weighted by molar-refractivity contribution is 8.13. The molecule has 0 amide bonds. The Hall–Kier alpha value is 0.160. The van der Waals surface area contributed by atoms with Gasteiger partial charge in [0.1, 0.15) is 0 Å². The molecule has 1 fully saturated rings. The second-order valence-corrected chi connectivity index (χ2v) is 7.78. The molecule has 3 unspecified atom stereocenters. The molecule has 108 valence electrons. The molecule has 3 atom stereocenters. The third kappa shape index (κ3) is 6.36. The SMILES string of the molecule is CCC(COC1CCCC(OC)C1)CS(=O)(=O)Cl. The zero-order valence-corrected chi connectivity index (χ0v) is 12.7. The van der Waals surface area contributed by atoms with E-state index in [-0.39, 0.29) is 23.9 Å². The molecule has 0 aromatic carbocycles. The van der Waals surface area contributed by atoms with E-state index in [9.17, 15) is 8.42 Å². The minimum atomic E-state index is -3.44. The van der Waals surface area contributed by atoms with Crippen LogP contribution in [-0.2, 0) is 18.5 Å². The van der Waals surface area contributed by atoms with Crippen molar-refractivity contribution in [3.05, 3.63) is 0 Å². The second-order valence-electron chi connectivity index (χ2n) is 4.96. The maximum atomic E-state index is 11.0. The van der Waals surface area contributed by atoms with Gasteiger partial charge >= 0.3 is 0 Å². The normalized spacial score (nSPS) is 27.1. The highest BCUT2D eigenvalue weighted by Crippen LogP contribution is 2.24. The number of rotatable bonds is 7. The highest BCUT2D eigenvalue weighted by Gasteiger charge is 2.24. The van der Waals surface area contributed by atoms with E-state index in [4.69, 9.17) is 20.2 Å². The van der Waals surface area contributed by atoms with Crippen LogP contribution in [0, 0.1) is 5.92 Å². The van der Waals surface area contributed by atoms with Gasteiger partial charge in [-0.05, 0) is 31.6 Å². The van der Waals surface area contributed by atoms with E-state index in [0.717, 1.165) is 32.1 Å². The first kappa shape index (κ1) is 16.2. The van der Waals surface area contributed by atoms with Gasteiger partial charge in [-0.1, -0.05) is 13.3 Å². The third-order valence-electron chi connectivity index (χ3n) is 3.49. The van der Waals surface area contributed by atoms with E-state index in [1.165, 1.54) is 0 Å². The summed E-state index contributed by atoms with van der Waals surface area (Å²) in [5.41, 5.74) is 0. The van der Waals surface area contributed by atoms with E-state index in [0.29, 0.717) is 6.61 Å². The summed E-state index contributed by atoms with van der Waals surface area (Å²) in [5, 5.41) is 0. The zero-order valence-electron chi connectivity index (χ0n) is 11.1. The summed E-state index contributed by atoms with van der Waals surface area (Å²) in [7, 11) is 3.56. The Labute approximate surface area is 114 Å². The van der Waals surface area contributed by atoms with Gasteiger partial charge in [0.05, 0.1) is 24.6 Å². The first-order valence-corrected chi connectivity index (χ1v) is 8.99. The quantitative estimate of drug-likeness (QED) is 0.678. The van der Waals surface area contributed by atoms with Gasteiger partial charge in [0.25, 0.3) is 0 Å². The predicted molar refractivity (Wildman–Crippen MR) is 72.4 cm³/mol. The molecule has 1 saturated carbocycles. The Kier molecular flexibility index (Phi) is 6.92. The summed E-state index contributed by atoms with van der Waals surface area (Å²) < 4.78 is 33.2. The number of halogens is 1. The Balaban J connectivity index is 2.33. The van der Waals surface area contributed by atoms with Gasteiger partial charge in [0.2, 0.25) is 9.05 Å². The van der Waals surface area contributed by atoms with Gasteiger partial charge in [-0.2, -0.15) is 0 Å². The molecule has 4 nitrogen and oxygen atoms in total. The fourth-order valence-corrected chi connectivity index (χ4v) is 3.73. The predicted octanol–water partition coefficient (Wildman–Crippen LogP) is 2.56. The second kappa shape index (κ2) is 7.68. The Morgan fingerprint density at radius 2 is 2.00 bits per heavy atom. The van der Waals surface area contributed by atoms with Gasteiger partial charge < -0.3 is 9.47 Å². The Morgan fingerprint density at radius 3 is 2.56 bits per heavy atom. The first-order valence-electron chi connectivity index (χ1n) is 6.51. The maximum absolute atomic E-state index is 11.0. The van der Waals surface area contributed by atoms with Crippen LogP contribution in [0.25, 0.3) is 0 Å². The molecule has 0 aromatic rings. The average molecular weight is 299 g/mol. The Morgan fingerprint density at radius 1 is 1.33 bits per heavy atom. The summed E-state index contributed by atoms with van der Waals surface area (Å²) in [5.74, 6) is -0.0266. The lowest BCUT2D eigenvalue weighted by Gasteiger charge is -2.29. The molecular formula is C12H23ClO4S. The number of methoxy groups -OCH3 is 1. The van der Waals surface area contributed by atoms with Crippen LogP contribution < -0.4 is 0 Å². The van der Waals surface area contributed by atoms with Crippen molar-refractivity contribution in [1.82, 2.24) is 0 Å². The van der Waals surface area contributed by atoms with E-state index in [2.05, 4.69) is 0 Å². The molecule has 1 aliphatic rings. The van der Waals surface area contributed by atoms with Gasteiger partial charge in [0, 0.05) is 17.8 Å². The monoisotopic (exact) mass is 298 g/mol. The topological polar surface area (TPSA) is 52.6 Å². The smallest absolute Gasteiger partial charge is 0.232 e. The van der Waals surface area contributed by atoms with Crippen molar-refractivity contribution in [1.29, 1.82) is 0 Å². The molecule has 18 heavy (non-hydrogen) atoms. The summed E-state index contributed by atoms with van der Waals surface area (Å²) in [6.07, 6.45) is 5.35. The van der Waals surface area contributed by atoms with Crippen LogP contribution in [0.4, 0.5) is 0 Å². The molecule has 1 rings (SSSR count). The first-order chi connectivity index (χ1) is 8.44. The molecule has 0 spiro atoms. The van der Waals surface area contributed by atoms with E-state index in [1.807, 2.05) is 6.92 Å². The fraction of sp³-hybridized carbons (Fsp3) is 1.00. The highest BCUT2D eigenvalue weighted by atomic mass is 35.7. The van der Waals surface area contributed by atoms with Crippen LogP contribution in [0.5, 0.6) is 0 Å². The molecule has 0 radical (unpaired) electrons. The van der Waals surface area contributed by atoms with E-state index < -0.39 is 9.05 Å². The Bertz CT molecular complexity index is 331. The lowest BCUT2D eigenvalue weighted by atomic mass is 9.95. The van der Waals surface area contributed by atoms with Crippen molar-refractivity contribution in [2.45, 2.75) is 51.2 Å². The van der Waals surface area contributed by atoms with Crippen LogP contribution in [-0.4, -0.2) is 40.1 Å². The minimum Gasteiger partial charge on any atom is -0.381 e.